The van der Waals surface area contributed by atoms with Crippen molar-refractivity contribution in [2.75, 3.05) is 7.11 Å². The van der Waals surface area contributed by atoms with Crippen LogP contribution in [0.2, 0.25) is 0 Å². The molecule has 0 aliphatic heterocycles. The highest BCUT2D eigenvalue weighted by Crippen LogP contribution is 1.99. The Morgan fingerprint density at radius 1 is 1.45 bits per heavy atom. The van der Waals surface area contributed by atoms with Gasteiger partial charge in [0.1, 0.15) is 0 Å². The van der Waals surface area contributed by atoms with E-state index in [1.54, 1.807) is 21.7 Å². The van der Waals surface area contributed by atoms with Crippen LogP contribution in [0.5, 0.6) is 0 Å². The summed E-state index contributed by atoms with van der Waals surface area (Å²) >= 11 is 0. The van der Waals surface area contributed by atoms with Crippen LogP contribution in [0.15, 0.2) is 0 Å². The first kappa shape index (κ1) is 10.9. The average Bonchev–Trinajstić information content (AvgIpc) is 1.97. The Hall–Kier alpha value is -0.0551. The number of rotatable bonds is 6. The Balaban J connectivity index is 3.15. The number of hydrogen-bond acceptors (Lipinski definition) is 3. The topological polar surface area (TPSA) is 41.5 Å². The maximum Gasteiger partial charge on any atom is 0.395 e. The van der Waals surface area contributed by atoms with Crippen molar-refractivity contribution in [1.29, 1.82) is 0 Å². The summed E-state index contributed by atoms with van der Waals surface area (Å²) in [5.41, 5.74) is 0. The predicted molar refractivity (Wildman–Crippen MR) is 46.3 cm³/mol. The fourth-order valence-electron chi connectivity index (χ4n) is 0.759. The summed E-state index contributed by atoms with van der Waals surface area (Å²) in [7, 11) is 3.17. The standard InChI is InChI=1S/C7H17BNO2/c1-6(9-8-11-3)4-5-7(2)10/h6-7,9-10H,4-5H2,1-3H3/t6?,7-/m1/s1. The molecule has 0 aromatic carbocycles. The summed E-state index contributed by atoms with van der Waals surface area (Å²) in [4.78, 5) is 0. The highest BCUT2D eigenvalue weighted by atomic mass is 16.4. The maximum absolute atomic E-state index is 8.96. The zero-order valence-corrected chi connectivity index (χ0v) is 7.50. The second-order valence-corrected chi connectivity index (χ2v) is 2.85. The third-order valence-electron chi connectivity index (χ3n) is 1.49. The molecule has 0 heterocycles. The molecule has 65 valence electrons. The van der Waals surface area contributed by atoms with Crippen molar-refractivity contribution >= 4 is 7.62 Å². The van der Waals surface area contributed by atoms with Crippen LogP contribution in [0.3, 0.4) is 0 Å². The zero-order valence-electron chi connectivity index (χ0n) is 7.50. The Labute approximate surface area is 69.4 Å². The summed E-state index contributed by atoms with van der Waals surface area (Å²) in [6.45, 7) is 3.85. The van der Waals surface area contributed by atoms with Gasteiger partial charge in [-0.3, -0.25) is 0 Å². The highest BCUT2D eigenvalue weighted by molar-refractivity contribution is 6.23. The minimum Gasteiger partial charge on any atom is -0.427 e. The average molecular weight is 158 g/mol. The van der Waals surface area contributed by atoms with E-state index < -0.39 is 0 Å². The molecule has 0 amide bonds. The van der Waals surface area contributed by atoms with E-state index in [-0.39, 0.29) is 6.10 Å². The fraction of sp³-hybridized carbons (Fsp3) is 1.00. The largest absolute Gasteiger partial charge is 0.427 e. The lowest BCUT2D eigenvalue weighted by Gasteiger charge is -2.12. The van der Waals surface area contributed by atoms with Crippen molar-refractivity contribution < 1.29 is 9.76 Å². The SMILES string of the molecule is CO[B]NC(C)CC[C@@H](C)O. The van der Waals surface area contributed by atoms with Gasteiger partial charge in [0.15, 0.2) is 0 Å². The van der Waals surface area contributed by atoms with E-state index in [1.165, 1.54) is 0 Å². The molecule has 0 aromatic heterocycles. The lowest BCUT2D eigenvalue weighted by Crippen LogP contribution is -2.31. The summed E-state index contributed by atoms with van der Waals surface area (Å²) in [6, 6.07) is 0.365. The number of hydrogen-bond donors (Lipinski definition) is 2. The van der Waals surface area contributed by atoms with Crippen molar-refractivity contribution in [3.63, 3.8) is 0 Å². The van der Waals surface area contributed by atoms with Gasteiger partial charge in [-0.2, -0.15) is 0 Å². The third-order valence-corrected chi connectivity index (χ3v) is 1.49. The van der Waals surface area contributed by atoms with Gasteiger partial charge in [0, 0.05) is 7.11 Å². The molecule has 2 N–H and O–H groups in total. The van der Waals surface area contributed by atoms with E-state index >= 15 is 0 Å². The molecule has 4 heteroatoms. The fourth-order valence-corrected chi connectivity index (χ4v) is 0.759. The maximum atomic E-state index is 8.96. The van der Waals surface area contributed by atoms with E-state index in [0.717, 1.165) is 12.8 Å². The molecule has 0 rings (SSSR count). The molecule has 11 heavy (non-hydrogen) atoms. The molecule has 0 aliphatic carbocycles. The van der Waals surface area contributed by atoms with E-state index in [4.69, 9.17) is 9.76 Å². The molecular weight excluding hydrogens is 141 g/mol. The van der Waals surface area contributed by atoms with Gasteiger partial charge in [-0.1, -0.05) is 6.92 Å². The first-order valence-corrected chi connectivity index (χ1v) is 3.95. The van der Waals surface area contributed by atoms with E-state index in [0.29, 0.717) is 6.04 Å². The second-order valence-electron chi connectivity index (χ2n) is 2.85. The van der Waals surface area contributed by atoms with E-state index in [2.05, 4.69) is 12.2 Å². The molecule has 0 spiro atoms. The molecule has 0 fully saturated rings. The number of nitrogens with one attached hydrogen (secondary N) is 1. The van der Waals surface area contributed by atoms with Crippen LogP contribution in [-0.2, 0) is 4.65 Å². The molecule has 0 aliphatic rings. The number of aliphatic hydroxyl groups excluding tert-OH is 1. The van der Waals surface area contributed by atoms with Gasteiger partial charge in [0.05, 0.1) is 6.10 Å². The lowest BCUT2D eigenvalue weighted by atomic mass is 10.1. The molecule has 0 aromatic rings. The zero-order chi connectivity index (χ0) is 8.69. The van der Waals surface area contributed by atoms with Crippen LogP contribution < -0.4 is 5.23 Å². The normalized spacial score (nSPS) is 16.0. The molecular formula is C7H17BNO2. The summed E-state index contributed by atoms with van der Waals surface area (Å²) in [6.07, 6.45) is 1.57. The van der Waals surface area contributed by atoms with E-state index in [9.17, 15) is 0 Å². The van der Waals surface area contributed by atoms with Gasteiger partial charge in [-0.25, -0.2) is 0 Å². The van der Waals surface area contributed by atoms with Crippen LogP contribution in [0.1, 0.15) is 26.7 Å². The quantitative estimate of drug-likeness (QED) is 0.546. The molecule has 2 atom stereocenters. The number of aliphatic hydroxyl groups is 1. The molecule has 1 radical (unpaired) electrons. The van der Waals surface area contributed by atoms with Crippen molar-refractivity contribution in [1.82, 2.24) is 5.23 Å². The van der Waals surface area contributed by atoms with Crippen molar-refractivity contribution in [3.05, 3.63) is 0 Å². The second kappa shape index (κ2) is 6.64. The summed E-state index contributed by atoms with van der Waals surface area (Å²) < 4.78 is 4.72. The highest BCUT2D eigenvalue weighted by Gasteiger charge is 2.03. The van der Waals surface area contributed by atoms with E-state index in [1.807, 2.05) is 0 Å². The van der Waals surface area contributed by atoms with Crippen LogP contribution in [0, 0.1) is 0 Å². The van der Waals surface area contributed by atoms with Crippen LogP contribution in [0.25, 0.3) is 0 Å². The van der Waals surface area contributed by atoms with Gasteiger partial charge in [-0.05, 0) is 25.8 Å². The molecule has 1 unspecified atom stereocenters. The third kappa shape index (κ3) is 7.85. The van der Waals surface area contributed by atoms with Gasteiger partial charge >= 0.3 is 7.62 Å². The van der Waals surface area contributed by atoms with Crippen molar-refractivity contribution in [2.45, 2.75) is 38.8 Å². The Bertz CT molecular complexity index is 90.5. The molecule has 0 saturated carbocycles. The molecule has 0 bridgehead atoms. The smallest absolute Gasteiger partial charge is 0.395 e. The lowest BCUT2D eigenvalue weighted by molar-refractivity contribution is 0.178. The van der Waals surface area contributed by atoms with Gasteiger partial charge < -0.3 is 15.0 Å². The molecule has 0 saturated heterocycles. The van der Waals surface area contributed by atoms with Crippen molar-refractivity contribution in [3.8, 4) is 0 Å². The van der Waals surface area contributed by atoms with Gasteiger partial charge in [-0.15, -0.1) is 0 Å². The first-order chi connectivity index (χ1) is 5.16. The van der Waals surface area contributed by atoms with Crippen LogP contribution in [-0.4, -0.2) is 32.0 Å². The Kier molecular flexibility index (Phi) is 6.61. The van der Waals surface area contributed by atoms with Crippen molar-refractivity contribution in [2.24, 2.45) is 0 Å². The Morgan fingerprint density at radius 2 is 2.09 bits per heavy atom. The Morgan fingerprint density at radius 3 is 2.55 bits per heavy atom. The first-order valence-electron chi connectivity index (χ1n) is 3.95. The van der Waals surface area contributed by atoms with Crippen LogP contribution >= 0.6 is 0 Å². The van der Waals surface area contributed by atoms with Gasteiger partial charge in [0.25, 0.3) is 0 Å². The minimum atomic E-state index is -0.207. The minimum absolute atomic E-state index is 0.207. The molecule has 3 nitrogen and oxygen atoms in total. The van der Waals surface area contributed by atoms with Crippen LogP contribution in [0.4, 0.5) is 0 Å². The summed E-state index contributed by atoms with van der Waals surface area (Å²) in [5.74, 6) is 0. The van der Waals surface area contributed by atoms with Gasteiger partial charge in [0.2, 0.25) is 0 Å². The summed E-state index contributed by atoms with van der Waals surface area (Å²) in [5, 5.41) is 12.0. The monoisotopic (exact) mass is 158 g/mol. The predicted octanol–water partition coefficient (Wildman–Crippen LogP) is 0.306.